The number of hydrogen-bond acceptors (Lipinski definition) is 3. The van der Waals surface area contributed by atoms with Gasteiger partial charge >= 0.3 is 5.97 Å². The zero-order valence-corrected chi connectivity index (χ0v) is 14.6. The van der Waals surface area contributed by atoms with Crippen molar-refractivity contribution < 1.29 is 14.7 Å². The van der Waals surface area contributed by atoms with Crippen molar-refractivity contribution in [1.29, 1.82) is 0 Å². The van der Waals surface area contributed by atoms with Crippen molar-refractivity contribution in [3.05, 3.63) is 36.0 Å². The van der Waals surface area contributed by atoms with Gasteiger partial charge in [0.15, 0.2) is 0 Å². The summed E-state index contributed by atoms with van der Waals surface area (Å²) in [6.07, 6.45) is 0.945. The highest BCUT2D eigenvalue weighted by Gasteiger charge is 2.31. The minimum Gasteiger partial charge on any atom is -0.481 e. The van der Waals surface area contributed by atoms with Gasteiger partial charge in [-0.25, -0.2) is 0 Å². The molecule has 0 bridgehead atoms. The summed E-state index contributed by atoms with van der Waals surface area (Å²) in [5.74, 6) is 0.641. The second-order valence-corrected chi connectivity index (χ2v) is 7.22. The predicted molar refractivity (Wildman–Crippen MR) is 96.6 cm³/mol. The molecular formula is C18H22N2O3S. The van der Waals surface area contributed by atoms with Crippen LogP contribution in [0.15, 0.2) is 30.3 Å². The average molecular weight is 346 g/mol. The lowest BCUT2D eigenvalue weighted by molar-refractivity contribution is -0.138. The van der Waals surface area contributed by atoms with E-state index in [1.54, 1.807) is 16.7 Å². The van der Waals surface area contributed by atoms with Crippen molar-refractivity contribution in [2.75, 3.05) is 18.1 Å². The Hall–Kier alpha value is -1.95. The molecule has 1 aliphatic rings. The second kappa shape index (κ2) is 7.30. The number of aryl methyl sites for hydroxylation is 1. The summed E-state index contributed by atoms with van der Waals surface area (Å²) in [7, 11) is 0. The third-order valence-corrected chi connectivity index (χ3v) is 5.47. The zero-order chi connectivity index (χ0) is 17.1. The largest absolute Gasteiger partial charge is 0.481 e. The number of aromatic nitrogens is 1. The summed E-state index contributed by atoms with van der Waals surface area (Å²) >= 11 is 1.72. The van der Waals surface area contributed by atoms with Gasteiger partial charge in [0.05, 0.1) is 12.5 Å². The normalized spacial score (nSPS) is 18.0. The number of fused-ring (bicyclic) bond motifs is 1. The smallest absolute Gasteiger partial charge is 0.305 e. The van der Waals surface area contributed by atoms with Gasteiger partial charge in [0.1, 0.15) is 5.69 Å². The number of carbonyl (C=O) groups is 2. The number of carboxylic acid groups (broad SMARTS) is 1. The average Bonchev–Trinajstić information content (AvgIpc) is 2.93. The van der Waals surface area contributed by atoms with Gasteiger partial charge in [0, 0.05) is 35.5 Å². The minimum absolute atomic E-state index is 0.00669. The van der Waals surface area contributed by atoms with Gasteiger partial charge in [-0.2, -0.15) is 11.8 Å². The van der Waals surface area contributed by atoms with E-state index in [2.05, 4.69) is 11.5 Å². The van der Waals surface area contributed by atoms with Gasteiger partial charge in [0.25, 0.3) is 5.91 Å². The number of benzene rings is 1. The number of rotatable bonds is 5. The number of hydrogen-bond donors (Lipinski definition) is 1. The first kappa shape index (κ1) is 16.9. The quantitative estimate of drug-likeness (QED) is 0.904. The molecule has 1 aromatic carbocycles. The Bertz CT molecular complexity index is 756. The van der Waals surface area contributed by atoms with Crippen LogP contribution in [0.25, 0.3) is 10.9 Å². The highest BCUT2D eigenvalue weighted by atomic mass is 32.2. The molecule has 1 unspecified atom stereocenters. The molecule has 1 aromatic heterocycles. The molecule has 0 saturated carbocycles. The topological polar surface area (TPSA) is 62.5 Å². The van der Waals surface area contributed by atoms with E-state index in [4.69, 9.17) is 5.11 Å². The summed E-state index contributed by atoms with van der Waals surface area (Å²) in [4.78, 5) is 26.0. The van der Waals surface area contributed by atoms with Crippen molar-refractivity contribution in [1.82, 2.24) is 9.47 Å². The van der Waals surface area contributed by atoms with Gasteiger partial charge in [-0.3, -0.25) is 9.59 Å². The molecule has 0 radical (unpaired) electrons. The van der Waals surface area contributed by atoms with E-state index in [0.717, 1.165) is 29.6 Å². The first-order valence-electron chi connectivity index (χ1n) is 8.30. The molecule has 128 valence electrons. The Morgan fingerprint density at radius 3 is 2.88 bits per heavy atom. The van der Waals surface area contributed by atoms with Gasteiger partial charge in [0.2, 0.25) is 0 Å². The summed E-state index contributed by atoms with van der Waals surface area (Å²) in [5, 5.41) is 10.2. The van der Waals surface area contributed by atoms with E-state index in [1.165, 1.54) is 0 Å². The van der Waals surface area contributed by atoms with Gasteiger partial charge < -0.3 is 14.6 Å². The van der Waals surface area contributed by atoms with E-state index >= 15 is 0 Å². The molecule has 24 heavy (non-hydrogen) atoms. The number of amides is 1. The number of carbonyl (C=O) groups excluding carboxylic acids is 1. The lowest BCUT2D eigenvalue weighted by Gasteiger charge is -2.34. The molecule has 3 rings (SSSR count). The molecule has 0 aliphatic carbocycles. The maximum atomic E-state index is 13.2. The third-order valence-electron chi connectivity index (χ3n) is 4.38. The molecule has 0 spiro atoms. The lowest BCUT2D eigenvalue weighted by atomic mass is 10.1. The van der Waals surface area contributed by atoms with Crippen LogP contribution in [0.3, 0.4) is 0 Å². The van der Waals surface area contributed by atoms with Crippen LogP contribution < -0.4 is 0 Å². The summed E-state index contributed by atoms with van der Waals surface area (Å²) in [6, 6.07) is 9.70. The fraction of sp³-hybridized carbons (Fsp3) is 0.444. The van der Waals surface area contributed by atoms with Crippen LogP contribution in [-0.2, 0) is 11.3 Å². The number of nitrogens with zero attached hydrogens (tertiary/aromatic N) is 2. The van der Waals surface area contributed by atoms with E-state index in [0.29, 0.717) is 18.0 Å². The summed E-state index contributed by atoms with van der Waals surface area (Å²) in [5.41, 5.74) is 1.73. The Morgan fingerprint density at radius 1 is 1.33 bits per heavy atom. The van der Waals surface area contributed by atoms with Crippen molar-refractivity contribution in [2.45, 2.75) is 32.4 Å². The Kier molecular flexibility index (Phi) is 5.14. The number of thioether (sulfide) groups is 1. The number of para-hydroxylation sites is 1. The van der Waals surface area contributed by atoms with Crippen LogP contribution in [0.4, 0.5) is 0 Å². The fourth-order valence-corrected chi connectivity index (χ4v) is 4.35. The molecule has 1 aliphatic heterocycles. The Balaban J connectivity index is 1.97. The number of carboxylic acids is 1. The maximum Gasteiger partial charge on any atom is 0.305 e. The van der Waals surface area contributed by atoms with Crippen LogP contribution in [-0.4, -0.2) is 50.5 Å². The summed E-state index contributed by atoms with van der Waals surface area (Å²) < 4.78 is 2.07. The molecule has 1 saturated heterocycles. The zero-order valence-electron chi connectivity index (χ0n) is 13.8. The molecular weight excluding hydrogens is 324 g/mol. The van der Waals surface area contributed by atoms with Crippen molar-refractivity contribution in [2.24, 2.45) is 0 Å². The van der Waals surface area contributed by atoms with E-state index in [-0.39, 0.29) is 18.4 Å². The molecule has 1 fully saturated rings. The lowest BCUT2D eigenvalue weighted by Crippen LogP contribution is -2.47. The van der Waals surface area contributed by atoms with Crippen LogP contribution in [0, 0.1) is 0 Å². The van der Waals surface area contributed by atoms with Crippen LogP contribution in [0.1, 0.15) is 30.3 Å². The van der Waals surface area contributed by atoms with E-state index in [9.17, 15) is 9.59 Å². The van der Waals surface area contributed by atoms with Crippen molar-refractivity contribution in [3.63, 3.8) is 0 Å². The number of aliphatic carboxylic acids is 1. The van der Waals surface area contributed by atoms with Gasteiger partial charge in [-0.1, -0.05) is 25.1 Å². The van der Waals surface area contributed by atoms with Crippen molar-refractivity contribution in [3.8, 4) is 0 Å². The van der Waals surface area contributed by atoms with Crippen LogP contribution in [0.5, 0.6) is 0 Å². The van der Waals surface area contributed by atoms with Gasteiger partial charge in [-0.15, -0.1) is 0 Å². The Labute approximate surface area is 145 Å². The third kappa shape index (κ3) is 3.29. The van der Waals surface area contributed by atoms with Gasteiger partial charge in [-0.05, 0) is 18.6 Å². The van der Waals surface area contributed by atoms with Crippen molar-refractivity contribution >= 4 is 34.5 Å². The predicted octanol–water partition coefficient (Wildman–Crippen LogP) is 3.08. The first-order chi connectivity index (χ1) is 11.6. The minimum atomic E-state index is -0.852. The van der Waals surface area contributed by atoms with E-state index in [1.807, 2.05) is 30.3 Å². The molecule has 1 amide bonds. The molecule has 1 atom stereocenters. The standard InChI is InChI=1S/C18H22N2O3S/c1-2-7-20-15-6-4-3-5-13(15)10-16(20)18(23)19-8-9-24-12-14(19)11-17(21)22/h3-6,10,14H,2,7-9,11-12H2,1H3,(H,21,22). The maximum absolute atomic E-state index is 13.2. The fourth-order valence-electron chi connectivity index (χ4n) is 3.29. The SMILES string of the molecule is CCCn1c(C(=O)N2CCSCC2CC(=O)O)cc2ccccc21. The molecule has 2 heterocycles. The molecule has 5 nitrogen and oxygen atoms in total. The van der Waals surface area contributed by atoms with Crippen LogP contribution >= 0.6 is 11.8 Å². The first-order valence-corrected chi connectivity index (χ1v) is 9.46. The Morgan fingerprint density at radius 2 is 2.12 bits per heavy atom. The molecule has 2 aromatic rings. The highest BCUT2D eigenvalue weighted by molar-refractivity contribution is 7.99. The molecule has 1 N–H and O–H groups in total. The highest BCUT2D eigenvalue weighted by Crippen LogP contribution is 2.25. The molecule has 6 heteroatoms. The van der Waals surface area contributed by atoms with E-state index < -0.39 is 5.97 Å². The second-order valence-electron chi connectivity index (χ2n) is 6.07. The van der Waals surface area contributed by atoms with Crippen LogP contribution in [0.2, 0.25) is 0 Å². The monoisotopic (exact) mass is 346 g/mol. The summed E-state index contributed by atoms with van der Waals surface area (Å²) in [6.45, 7) is 3.48.